The number of para-hydroxylation sites is 1. The van der Waals surface area contributed by atoms with Gasteiger partial charge in [0, 0.05) is 34.6 Å². The van der Waals surface area contributed by atoms with Crippen molar-refractivity contribution in [2.24, 2.45) is 0 Å². The molecular formula is C26H28N2O3. The highest BCUT2D eigenvalue weighted by Crippen LogP contribution is 2.40. The van der Waals surface area contributed by atoms with E-state index in [0.717, 1.165) is 27.7 Å². The van der Waals surface area contributed by atoms with E-state index in [9.17, 15) is 9.59 Å². The molecule has 0 radical (unpaired) electrons. The van der Waals surface area contributed by atoms with E-state index in [-0.39, 0.29) is 12.0 Å². The Morgan fingerprint density at radius 1 is 1.06 bits per heavy atom. The number of nitrogens with one attached hydrogen (secondary N) is 1. The lowest BCUT2D eigenvalue weighted by Gasteiger charge is -2.30. The predicted molar refractivity (Wildman–Crippen MR) is 123 cm³/mol. The molecule has 31 heavy (non-hydrogen) atoms. The Kier molecular flexibility index (Phi) is 5.21. The third kappa shape index (κ3) is 3.76. The Hall–Kier alpha value is -3.34. The average molecular weight is 417 g/mol. The average Bonchev–Trinajstić information content (AvgIpc) is 3.05. The summed E-state index contributed by atoms with van der Waals surface area (Å²) < 4.78 is 5.56. The molecule has 3 aromatic rings. The molecule has 1 amide bonds. The van der Waals surface area contributed by atoms with E-state index in [1.165, 1.54) is 0 Å². The van der Waals surface area contributed by atoms with E-state index in [2.05, 4.69) is 24.9 Å². The minimum atomic E-state index is -0.442. The van der Waals surface area contributed by atoms with Gasteiger partial charge in [0.15, 0.2) is 0 Å². The number of aromatic amines is 1. The first-order valence-corrected chi connectivity index (χ1v) is 10.6. The van der Waals surface area contributed by atoms with Crippen LogP contribution >= 0.6 is 0 Å². The SMILES string of the molecule is Cc1ccccc1C(=O)N1C=C(C(=O)OC(C)C)c2[nH]c3ccccc3c2C(C)(C)C1. The quantitative estimate of drug-likeness (QED) is 0.597. The van der Waals surface area contributed by atoms with Gasteiger partial charge >= 0.3 is 5.97 Å². The lowest BCUT2D eigenvalue weighted by atomic mass is 9.81. The molecule has 1 N–H and O–H groups in total. The zero-order chi connectivity index (χ0) is 22.3. The minimum Gasteiger partial charge on any atom is -0.459 e. The first-order chi connectivity index (χ1) is 14.7. The molecule has 0 saturated carbocycles. The normalized spacial score (nSPS) is 15.4. The highest BCUT2D eigenvalue weighted by molar-refractivity contribution is 6.18. The summed E-state index contributed by atoms with van der Waals surface area (Å²) in [5.74, 6) is -0.571. The molecule has 1 aromatic heterocycles. The topological polar surface area (TPSA) is 62.4 Å². The van der Waals surface area contributed by atoms with E-state index < -0.39 is 11.4 Å². The molecule has 1 aliphatic heterocycles. The molecule has 0 atom stereocenters. The van der Waals surface area contributed by atoms with Crippen LogP contribution in [0.15, 0.2) is 54.7 Å². The maximum absolute atomic E-state index is 13.5. The number of H-pyrrole nitrogens is 1. The van der Waals surface area contributed by atoms with E-state index in [1.54, 1.807) is 11.1 Å². The van der Waals surface area contributed by atoms with Gasteiger partial charge in [0.2, 0.25) is 0 Å². The molecule has 0 saturated heterocycles. The zero-order valence-electron chi connectivity index (χ0n) is 18.7. The minimum absolute atomic E-state index is 0.129. The summed E-state index contributed by atoms with van der Waals surface area (Å²) in [7, 11) is 0. The van der Waals surface area contributed by atoms with Crippen molar-refractivity contribution >= 4 is 28.4 Å². The molecule has 0 unspecified atom stereocenters. The van der Waals surface area contributed by atoms with Crippen LogP contribution in [0.2, 0.25) is 0 Å². The summed E-state index contributed by atoms with van der Waals surface area (Å²) >= 11 is 0. The molecule has 0 aliphatic carbocycles. The number of carbonyl (C=O) groups is 2. The highest BCUT2D eigenvalue weighted by Gasteiger charge is 2.37. The van der Waals surface area contributed by atoms with Gasteiger partial charge in [-0.05, 0) is 44.0 Å². The van der Waals surface area contributed by atoms with Gasteiger partial charge in [0.25, 0.3) is 5.91 Å². The summed E-state index contributed by atoms with van der Waals surface area (Å²) in [6.07, 6.45) is 1.39. The van der Waals surface area contributed by atoms with Crippen LogP contribution in [-0.2, 0) is 14.9 Å². The number of nitrogens with zero attached hydrogens (tertiary/aromatic N) is 1. The molecule has 0 bridgehead atoms. The summed E-state index contributed by atoms with van der Waals surface area (Å²) in [4.78, 5) is 31.7. The van der Waals surface area contributed by atoms with Crippen LogP contribution in [0.1, 0.15) is 54.9 Å². The van der Waals surface area contributed by atoms with E-state index in [1.807, 2.05) is 63.2 Å². The van der Waals surface area contributed by atoms with E-state index in [0.29, 0.717) is 17.7 Å². The fourth-order valence-corrected chi connectivity index (χ4v) is 4.35. The second-order valence-corrected chi connectivity index (χ2v) is 9.05. The van der Waals surface area contributed by atoms with Gasteiger partial charge in [-0.15, -0.1) is 0 Å². The van der Waals surface area contributed by atoms with Gasteiger partial charge in [-0.3, -0.25) is 4.79 Å². The van der Waals surface area contributed by atoms with Gasteiger partial charge in [-0.25, -0.2) is 4.79 Å². The van der Waals surface area contributed by atoms with Gasteiger partial charge in [0.05, 0.1) is 17.4 Å². The van der Waals surface area contributed by atoms with E-state index in [4.69, 9.17) is 4.74 Å². The summed E-state index contributed by atoms with van der Waals surface area (Å²) in [6.45, 7) is 10.2. The van der Waals surface area contributed by atoms with Crippen LogP contribution in [-0.4, -0.2) is 34.4 Å². The number of aryl methyl sites for hydroxylation is 1. The molecule has 2 heterocycles. The number of benzene rings is 2. The lowest BCUT2D eigenvalue weighted by Crippen LogP contribution is -2.37. The van der Waals surface area contributed by atoms with Crippen LogP contribution in [0.4, 0.5) is 0 Å². The van der Waals surface area contributed by atoms with Crippen molar-refractivity contribution in [3.05, 3.63) is 77.1 Å². The van der Waals surface area contributed by atoms with Crippen molar-refractivity contribution in [1.29, 1.82) is 0 Å². The van der Waals surface area contributed by atoms with Crippen LogP contribution in [0, 0.1) is 6.92 Å². The zero-order valence-corrected chi connectivity index (χ0v) is 18.7. The molecule has 4 rings (SSSR count). The first-order valence-electron chi connectivity index (χ1n) is 10.6. The number of hydrogen-bond acceptors (Lipinski definition) is 3. The molecule has 5 heteroatoms. The Balaban J connectivity index is 1.91. The summed E-state index contributed by atoms with van der Waals surface area (Å²) in [5, 5.41) is 1.05. The summed E-state index contributed by atoms with van der Waals surface area (Å²) in [5.41, 5.74) is 4.20. The van der Waals surface area contributed by atoms with Crippen molar-refractivity contribution in [3.63, 3.8) is 0 Å². The third-order valence-electron chi connectivity index (χ3n) is 5.70. The van der Waals surface area contributed by atoms with Gasteiger partial charge in [-0.1, -0.05) is 50.2 Å². The maximum Gasteiger partial charge on any atom is 0.342 e. The fraction of sp³-hybridized carbons (Fsp3) is 0.308. The smallest absolute Gasteiger partial charge is 0.342 e. The second kappa shape index (κ2) is 7.73. The fourth-order valence-electron chi connectivity index (χ4n) is 4.35. The van der Waals surface area contributed by atoms with Crippen molar-refractivity contribution in [3.8, 4) is 0 Å². The summed E-state index contributed by atoms with van der Waals surface area (Å²) in [6, 6.07) is 15.5. The van der Waals surface area contributed by atoms with Crippen molar-refractivity contribution < 1.29 is 14.3 Å². The number of amides is 1. The van der Waals surface area contributed by atoms with Gasteiger partial charge < -0.3 is 14.6 Å². The molecule has 0 fully saturated rings. The third-order valence-corrected chi connectivity index (χ3v) is 5.70. The highest BCUT2D eigenvalue weighted by atomic mass is 16.5. The molecule has 5 nitrogen and oxygen atoms in total. The first kappa shape index (κ1) is 20.9. The number of hydrogen-bond donors (Lipinski definition) is 1. The number of carbonyl (C=O) groups excluding carboxylic acids is 2. The monoisotopic (exact) mass is 416 g/mol. The predicted octanol–water partition coefficient (Wildman–Crippen LogP) is 5.20. The largest absolute Gasteiger partial charge is 0.459 e. The number of fused-ring (bicyclic) bond motifs is 3. The van der Waals surface area contributed by atoms with Crippen molar-refractivity contribution in [2.45, 2.75) is 46.1 Å². The van der Waals surface area contributed by atoms with Crippen LogP contribution < -0.4 is 0 Å². The number of esters is 1. The molecule has 1 aliphatic rings. The maximum atomic E-state index is 13.5. The Morgan fingerprint density at radius 2 is 1.74 bits per heavy atom. The van der Waals surface area contributed by atoms with Gasteiger partial charge in [0.1, 0.15) is 0 Å². The Morgan fingerprint density at radius 3 is 2.45 bits per heavy atom. The lowest BCUT2D eigenvalue weighted by molar-refractivity contribution is -0.140. The van der Waals surface area contributed by atoms with Crippen molar-refractivity contribution in [2.75, 3.05) is 6.54 Å². The standard InChI is InChI=1S/C26H28N2O3/c1-16(2)31-25(30)20-14-28(24(29)18-11-7-6-10-17(18)3)15-26(4,5)22-19-12-8-9-13-21(19)27-23(20)22/h6-14,16,27H,15H2,1-5H3. The van der Waals surface area contributed by atoms with Crippen molar-refractivity contribution in [1.82, 2.24) is 9.88 Å². The van der Waals surface area contributed by atoms with Crippen LogP contribution in [0.3, 0.4) is 0 Å². The number of rotatable bonds is 3. The molecular weight excluding hydrogens is 388 g/mol. The molecule has 2 aromatic carbocycles. The van der Waals surface area contributed by atoms with E-state index >= 15 is 0 Å². The van der Waals surface area contributed by atoms with Crippen LogP contribution in [0.5, 0.6) is 0 Å². The second-order valence-electron chi connectivity index (χ2n) is 9.05. The molecule has 160 valence electrons. The van der Waals surface area contributed by atoms with Gasteiger partial charge in [-0.2, -0.15) is 0 Å². The van der Waals surface area contributed by atoms with Crippen LogP contribution in [0.25, 0.3) is 16.5 Å². The molecule has 0 spiro atoms. The number of ether oxygens (including phenoxy) is 1. The Bertz CT molecular complexity index is 1200. The number of aromatic nitrogens is 1. The Labute approximate surface area is 182 Å².